The number of carboxylic acid groups (broad SMARTS) is 1. The minimum absolute atomic E-state index is 0.0969. The highest BCUT2D eigenvalue weighted by atomic mass is 79.9. The summed E-state index contributed by atoms with van der Waals surface area (Å²) in [6.07, 6.45) is -1.16. The summed E-state index contributed by atoms with van der Waals surface area (Å²) in [7, 11) is 0. The number of nitro groups is 1. The van der Waals surface area contributed by atoms with Crippen LogP contribution in [0.15, 0.2) is 9.21 Å². The van der Waals surface area contributed by atoms with E-state index in [0.717, 1.165) is 0 Å². The van der Waals surface area contributed by atoms with Gasteiger partial charge in [-0.25, -0.2) is 9.48 Å². The second-order valence-corrected chi connectivity index (χ2v) is 4.14. The fourth-order valence-electron chi connectivity index (χ4n) is 0.972. The molecular weight excluding hydrogens is 352 g/mol. The third-order valence-corrected chi connectivity index (χ3v) is 2.93. The van der Waals surface area contributed by atoms with Crippen molar-refractivity contribution >= 4 is 43.6 Å². The zero-order valence-corrected chi connectivity index (χ0v) is 10.9. The maximum atomic E-state index is 10.6. The lowest BCUT2D eigenvalue weighted by Crippen LogP contribution is -2.25. The van der Waals surface area contributed by atoms with Crippen LogP contribution in [-0.4, -0.2) is 32.4 Å². The molecule has 2 N–H and O–H groups in total. The van der Waals surface area contributed by atoms with Crippen molar-refractivity contribution in [1.29, 1.82) is 0 Å². The molecule has 1 aromatic heterocycles. The van der Waals surface area contributed by atoms with Crippen molar-refractivity contribution in [3.63, 3.8) is 0 Å². The van der Waals surface area contributed by atoms with Gasteiger partial charge in [-0.15, -0.1) is 0 Å². The van der Waals surface area contributed by atoms with Gasteiger partial charge < -0.3 is 10.4 Å². The van der Waals surface area contributed by atoms with Gasteiger partial charge in [-0.2, -0.15) is 5.10 Å². The van der Waals surface area contributed by atoms with E-state index in [9.17, 15) is 14.9 Å². The van der Waals surface area contributed by atoms with Crippen LogP contribution >= 0.6 is 31.9 Å². The predicted octanol–water partition coefficient (Wildman–Crippen LogP) is 1.58. The first-order valence-electron chi connectivity index (χ1n) is 3.96. The van der Waals surface area contributed by atoms with E-state index >= 15 is 0 Å². The molecule has 1 heterocycles. The van der Waals surface area contributed by atoms with Crippen molar-refractivity contribution in [2.45, 2.75) is 6.54 Å². The van der Waals surface area contributed by atoms with Gasteiger partial charge in [0.25, 0.3) is 0 Å². The maximum Gasteiger partial charge on any atom is 0.404 e. The SMILES string of the molecule is O=C(O)NCCn1nc(Br)c([N+](=O)[O-])c1Br. The fourth-order valence-corrected chi connectivity index (χ4v) is 2.35. The van der Waals surface area contributed by atoms with Crippen LogP contribution in [0.3, 0.4) is 0 Å². The molecule has 1 aromatic rings. The van der Waals surface area contributed by atoms with Crippen molar-refractivity contribution in [3.05, 3.63) is 19.3 Å². The number of halogens is 2. The van der Waals surface area contributed by atoms with Crippen LogP contribution in [-0.2, 0) is 6.54 Å². The average molecular weight is 358 g/mol. The maximum absolute atomic E-state index is 10.6. The lowest BCUT2D eigenvalue weighted by atomic mass is 10.6. The van der Waals surface area contributed by atoms with E-state index in [2.05, 4.69) is 42.3 Å². The quantitative estimate of drug-likeness (QED) is 0.627. The molecule has 10 heteroatoms. The van der Waals surface area contributed by atoms with Crippen LogP contribution in [0.25, 0.3) is 0 Å². The van der Waals surface area contributed by atoms with E-state index in [4.69, 9.17) is 5.11 Å². The van der Waals surface area contributed by atoms with Gasteiger partial charge in [0, 0.05) is 6.54 Å². The Morgan fingerprint density at radius 1 is 1.62 bits per heavy atom. The van der Waals surface area contributed by atoms with Crippen LogP contribution in [0, 0.1) is 10.1 Å². The molecule has 1 rings (SSSR count). The summed E-state index contributed by atoms with van der Waals surface area (Å²) >= 11 is 5.97. The van der Waals surface area contributed by atoms with Gasteiger partial charge in [-0.3, -0.25) is 10.1 Å². The standard InChI is InChI=1S/C6H6Br2N4O4/c7-4-3(12(15)16)5(8)11(10-4)2-1-9-6(13)14/h9H,1-2H2,(H,13,14). The normalized spacial score (nSPS) is 10.1. The molecule has 0 saturated heterocycles. The molecule has 0 aliphatic rings. The van der Waals surface area contributed by atoms with Crippen LogP contribution in [0.1, 0.15) is 0 Å². The van der Waals surface area contributed by atoms with Crippen molar-refractivity contribution in [2.75, 3.05) is 6.54 Å². The first-order valence-corrected chi connectivity index (χ1v) is 5.55. The summed E-state index contributed by atoms with van der Waals surface area (Å²) < 4.78 is 1.58. The zero-order valence-electron chi connectivity index (χ0n) is 7.68. The summed E-state index contributed by atoms with van der Waals surface area (Å²) in [6, 6.07) is 0. The molecule has 0 aromatic carbocycles. The number of nitrogens with one attached hydrogen (secondary N) is 1. The van der Waals surface area contributed by atoms with Crippen LogP contribution in [0.5, 0.6) is 0 Å². The Kier molecular flexibility index (Phi) is 4.24. The van der Waals surface area contributed by atoms with Crippen molar-refractivity contribution in [2.24, 2.45) is 0 Å². The predicted molar refractivity (Wildman–Crippen MR) is 60.3 cm³/mol. The largest absolute Gasteiger partial charge is 0.465 e. The average Bonchev–Trinajstić information content (AvgIpc) is 2.41. The first kappa shape index (κ1) is 12.9. The number of hydrogen-bond acceptors (Lipinski definition) is 4. The van der Waals surface area contributed by atoms with Crippen molar-refractivity contribution in [3.8, 4) is 0 Å². The number of carbonyl (C=O) groups is 1. The Labute approximate surface area is 106 Å². The Hall–Kier alpha value is -1.16. The first-order chi connectivity index (χ1) is 7.43. The fraction of sp³-hybridized carbons (Fsp3) is 0.333. The minimum Gasteiger partial charge on any atom is -0.465 e. The molecule has 0 atom stereocenters. The summed E-state index contributed by atoms with van der Waals surface area (Å²) in [5, 5.41) is 24.9. The van der Waals surface area contributed by atoms with E-state index in [0.29, 0.717) is 0 Å². The highest BCUT2D eigenvalue weighted by molar-refractivity contribution is 9.11. The number of hydrogen-bond donors (Lipinski definition) is 2. The van der Waals surface area contributed by atoms with Gasteiger partial charge >= 0.3 is 11.8 Å². The van der Waals surface area contributed by atoms with Gasteiger partial charge in [0.15, 0.2) is 4.60 Å². The Bertz CT molecular complexity index is 432. The van der Waals surface area contributed by atoms with Gasteiger partial charge in [-0.05, 0) is 31.9 Å². The highest BCUT2D eigenvalue weighted by Crippen LogP contribution is 2.32. The number of rotatable bonds is 4. The molecule has 16 heavy (non-hydrogen) atoms. The summed E-state index contributed by atoms with van der Waals surface area (Å²) in [5.74, 6) is 0. The molecule has 0 unspecified atom stereocenters. The van der Waals surface area contributed by atoms with Gasteiger partial charge in [0.1, 0.15) is 0 Å². The third-order valence-electron chi connectivity index (χ3n) is 1.61. The zero-order chi connectivity index (χ0) is 12.3. The minimum atomic E-state index is -1.16. The molecule has 0 aliphatic carbocycles. The summed E-state index contributed by atoms with van der Waals surface area (Å²) in [5.41, 5.74) is -0.185. The molecule has 0 fully saturated rings. The second kappa shape index (κ2) is 5.25. The molecule has 0 spiro atoms. The molecule has 0 bridgehead atoms. The van der Waals surface area contributed by atoms with Gasteiger partial charge in [0.2, 0.25) is 4.60 Å². The Morgan fingerprint density at radius 2 is 2.25 bits per heavy atom. The number of aromatic nitrogens is 2. The molecule has 0 radical (unpaired) electrons. The molecule has 0 aliphatic heterocycles. The topological polar surface area (TPSA) is 110 Å². The van der Waals surface area contributed by atoms with E-state index in [1.165, 1.54) is 4.68 Å². The molecule has 0 saturated carbocycles. The van der Waals surface area contributed by atoms with E-state index in [-0.39, 0.29) is 28.0 Å². The monoisotopic (exact) mass is 356 g/mol. The lowest BCUT2D eigenvalue weighted by Gasteiger charge is -2.01. The highest BCUT2D eigenvalue weighted by Gasteiger charge is 2.24. The molecule has 1 amide bonds. The van der Waals surface area contributed by atoms with Crippen molar-refractivity contribution < 1.29 is 14.8 Å². The molecular formula is C6H6Br2N4O4. The smallest absolute Gasteiger partial charge is 0.404 e. The molecule has 8 nitrogen and oxygen atoms in total. The Balaban J connectivity index is 2.79. The lowest BCUT2D eigenvalue weighted by molar-refractivity contribution is -0.386. The van der Waals surface area contributed by atoms with Crippen LogP contribution < -0.4 is 5.32 Å². The van der Waals surface area contributed by atoms with Gasteiger partial charge in [0.05, 0.1) is 11.5 Å². The molecule has 88 valence electrons. The Morgan fingerprint density at radius 3 is 2.69 bits per heavy atom. The van der Waals surface area contributed by atoms with Crippen molar-refractivity contribution in [1.82, 2.24) is 15.1 Å². The van der Waals surface area contributed by atoms with Gasteiger partial charge in [-0.1, -0.05) is 0 Å². The number of amides is 1. The third kappa shape index (κ3) is 2.92. The van der Waals surface area contributed by atoms with Crippen LogP contribution in [0.2, 0.25) is 0 Å². The van der Waals surface area contributed by atoms with Crippen LogP contribution in [0.4, 0.5) is 10.5 Å². The van der Waals surface area contributed by atoms with E-state index in [1.807, 2.05) is 0 Å². The summed E-state index contributed by atoms with van der Waals surface area (Å²) in [4.78, 5) is 20.2. The van der Waals surface area contributed by atoms with E-state index in [1.54, 1.807) is 0 Å². The van der Waals surface area contributed by atoms with E-state index < -0.39 is 11.0 Å². The number of nitrogens with zero attached hydrogens (tertiary/aromatic N) is 3. The summed E-state index contributed by atoms with van der Waals surface area (Å²) in [6.45, 7) is 0.304. The second-order valence-electron chi connectivity index (χ2n) is 2.64.